The Morgan fingerprint density at radius 2 is 0.783 bits per heavy atom. The zero-order chi connectivity index (χ0) is 50.6. The summed E-state index contributed by atoms with van der Waals surface area (Å²) in [5, 5.41) is 13.9. The average Bonchev–Trinajstić information content (AvgIpc) is 3.31. The second-order valence-corrected chi connectivity index (χ2v) is 23.5. The van der Waals surface area contributed by atoms with E-state index in [1.54, 1.807) is 6.08 Å². The van der Waals surface area contributed by atoms with Crippen molar-refractivity contribution in [1.29, 1.82) is 0 Å². The van der Waals surface area contributed by atoms with Crippen LogP contribution in [0.15, 0.2) is 24.3 Å². The summed E-state index contributed by atoms with van der Waals surface area (Å²) < 4.78 is 23.7. The van der Waals surface area contributed by atoms with Crippen molar-refractivity contribution < 1.29 is 32.9 Å². The molecule has 0 heterocycles. The van der Waals surface area contributed by atoms with Crippen molar-refractivity contribution in [2.75, 3.05) is 40.9 Å². The minimum atomic E-state index is -4.34. The van der Waals surface area contributed by atoms with Crippen LogP contribution in [0.2, 0.25) is 0 Å². The first-order chi connectivity index (χ1) is 33.5. The highest BCUT2D eigenvalue weighted by molar-refractivity contribution is 7.47. The van der Waals surface area contributed by atoms with E-state index < -0.39 is 20.0 Å². The zero-order valence-corrected chi connectivity index (χ0v) is 47.7. The van der Waals surface area contributed by atoms with E-state index in [0.29, 0.717) is 17.4 Å². The van der Waals surface area contributed by atoms with E-state index in [2.05, 4.69) is 31.3 Å². The molecule has 410 valence electrons. The lowest BCUT2D eigenvalue weighted by Crippen LogP contribution is -2.45. The summed E-state index contributed by atoms with van der Waals surface area (Å²) in [6.45, 7) is 4.86. The van der Waals surface area contributed by atoms with Crippen LogP contribution < -0.4 is 5.32 Å². The van der Waals surface area contributed by atoms with Gasteiger partial charge in [-0.15, -0.1) is 0 Å². The van der Waals surface area contributed by atoms with Gasteiger partial charge in [0.1, 0.15) is 13.2 Å². The van der Waals surface area contributed by atoms with E-state index >= 15 is 0 Å². The highest BCUT2D eigenvalue weighted by Crippen LogP contribution is 2.43. The predicted octanol–water partition coefficient (Wildman–Crippen LogP) is 18.4. The molecule has 69 heavy (non-hydrogen) atoms. The SMILES string of the molecule is CCCCCCCCCC/C=C\CCCCCCCCCCCCCCCCCCCC(=O)NC(COP(=O)(O)OCC[N+](C)(C)C)C(O)/C=C/CCCCCCCCCCCCCCCCCC. The summed E-state index contributed by atoms with van der Waals surface area (Å²) in [5.74, 6) is -0.171. The molecular weight excluding hydrogens is 876 g/mol. The molecule has 0 radical (unpaired) electrons. The Morgan fingerprint density at radius 3 is 1.12 bits per heavy atom. The molecule has 0 aliphatic carbocycles. The van der Waals surface area contributed by atoms with Crippen molar-refractivity contribution in [3.05, 3.63) is 24.3 Å². The van der Waals surface area contributed by atoms with E-state index in [1.165, 1.54) is 250 Å². The number of phosphoric ester groups is 1. The third kappa shape index (κ3) is 54.6. The molecule has 3 N–H and O–H groups in total. The Labute approximate surface area is 430 Å². The smallest absolute Gasteiger partial charge is 0.387 e. The molecular formula is C60H120N2O6P+. The highest BCUT2D eigenvalue weighted by Gasteiger charge is 2.27. The Balaban J connectivity index is 4.10. The molecule has 0 aromatic heterocycles. The molecule has 0 fully saturated rings. The lowest BCUT2D eigenvalue weighted by molar-refractivity contribution is -0.870. The monoisotopic (exact) mass is 996 g/mol. The number of aliphatic hydroxyl groups excluding tert-OH is 1. The quantitative estimate of drug-likeness (QED) is 0.0243. The second kappa shape index (κ2) is 51.9. The van der Waals surface area contributed by atoms with Crippen LogP contribution in [0.1, 0.15) is 303 Å². The van der Waals surface area contributed by atoms with Crippen molar-refractivity contribution in [3.8, 4) is 0 Å². The molecule has 0 aromatic carbocycles. The number of nitrogens with zero attached hydrogens (tertiary/aromatic N) is 1. The number of likely N-dealkylation sites (N-methyl/N-ethyl adjacent to an activating group) is 1. The van der Waals surface area contributed by atoms with Gasteiger partial charge in [-0.2, -0.15) is 0 Å². The van der Waals surface area contributed by atoms with Crippen molar-refractivity contribution in [2.24, 2.45) is 0 Å². The van der Waals surface area contributed by atoms with E-state index in [1.807, 2.05) is 27.2 Å². The second-order valence-electron chi connectivity index (χ2n) is 22.1. The van der Waals surface area contributed by atoms with Crippen molar-refractivity contribution in [3.63, 3.8) is 0 Å². The minimum Gasteiger partial charge on any atom is -0.387 e. The van der Waals surface area contributed by atoms with Crippen LogP contribution in [0.5, 0.6) is 0 Å². The summed E-state index contributed by atoms with van der Waals surface area (Å²) in [7, 11) is 1.59. The predicted molar refractivity (Wildman–Crippen MR) is 300 cm³/mol. The molecule has 0 aliphatic rings. The molecule has 0 spiro atoms. The molecule has 0 saturated heterocycles. The molecule has 0 aromatic rings. The summed E-state index contributed by atoms with van der Waals surface area (Å²) in [6, 6.07) is -0.844. The van der Waals surface area contributed by atoms with E-state index in [-0.39, 0.29) is 19.1 Å². The van der Waals surface area contributed by atoms with Crippen LogP contribution in [0.4, 0.5) is 0 Å². The number of aliphatic hydroxyl groups is 1. The number of hydrogen-bond acceptors (Lipinski definition) is 5. The van der Waals surface area contributed by atoms with Crippen LogP contribution in [0, 0.1) is 0 Å². The van der Waals surface area contributed by atoms with Gasteiger partial charge in [0.05, 0.1) is 39.9 Å². The number of quaternary nitrogens is 1. The Bertz CT molecular complexity index is 1170. The Kier molecular flexibility index (Phi) is 51.1. The molecule has 3 atom stereocenters. The van der Waals surface area contributed by atoms with Crippen LogP contribution in [-0.4, -0.2) is 73.4 Å². The summed E-state index contributed by atoms with van der Waals surface area (Å²) in [4.78, 5) is 23.3. The lowest BCUT2D eigenvalue weighted by atomic mass is 10.0. The topological polar surface area (TPSA) is 105 Å². The number of amides is 1. The normalized spacial score (nSPS) is 14.0. The average molecular weight is 997 g/mol. The fraction of sp³-hybridized carbons (Fsp3) is 0.917. The van der Waals surface area contributed by atoms with Gasteiger partial charge in [0.15, 0.2) is 0 Å². The molecule has 3 unspecified atom stereocenters. The summed E-state index contributed by atoms with van der Waals surface area (Å²) >= 11 is 0. The van der Waals surface area contributed by atoms with Gasteiger partial charge in [-0.1, -0.05) is 276 Å². The molecule has 8 nitrogen and oxygen atoms in total. The van der Waals surface area contributed by atoms with Gasteiger partial charge in [-0.3, -0.25) is 13.8 Å². The standard InChI is InChI=1S/C60H119N2O6P/c1-6-8-10-12-14-16-18-20-22-24-26-27-28-29-30-31-32-33-34-35-36-38-40-42-44-46-48-50-52-54-60(64)61-58(57-68-69(65,66)67-56-55-62(3,4)5)59(63)53-51-49-47-45-43-41-39-37-25-23-21-19-17-15-13-11-9-7-2/h24,26,51,53,58-59,63H,6-23,25,27-50,52,54-57H2,1-5H3,(H-,61,64,65,66)/p+1/b26-24-,53-51+. The van der Waals surface area contributed by atoms with Gasteiger partial charge >= 0.3 is 7.82 Å². The van der Waals surface area contributed by atoms with Crippen molar-refractivity contribution in [1.82, 2.24) is 5.32 Å². The molecule has 0 bridgehead atoms. The fourth-order valence-corrected chi connectivity index (χ4v) is 9.89. The molecule has 1 amide bonds. The minimum absolute atomic E-state index is 0.0640. The van der Waals surface area contributed by atoms with Crippen LogP contribution in [-0.2, 0) is 18.4 Å². The number of nitrogens with one attached hydrogen (secondary N) is 1. The van der Waals surface area contributed by atoms with Crippen LogP contribution in [0.3, 0.4) is 0 Å². The first-order valence-electron chi connectivity index (χ1n) is 30.2. The summed E-state index contributed by atoms with van der Waals surface area (Å²) in [5.41, 5.74) is 0. The van der Waals surface area contributed by atoms with Crippen molar-refractivity contribution >= 4 is 13.7 Å². The van der Waals surface area contributed by atoms with E-state index in [0.717, 1.165) is 32.1 Å². The van der Waals surface area contributed by atoms with Crippen LogP contribution >= 0.6 is 7.82 Å². The lowest BCUT2D eigenvalue weighted by Gasteiger charge is -2.25. The van der Waals surface area contributed by atoms with E-state index in [4.69, 9.17) is 9.05 Å². The maximum Gasteiger partial charge on any atom is 0.472 e. The van der Waals surface area contributed by atoms with Gasteiger partial charge in [-0.25, -0.2) is 4.57 Å². The van der Waals surface area contributed by atoms with E-state index in [9.17, 15) is 19.4 Å². The maximum atomic E-state index is 13.0. The first-order valence-corrected chi connectivity index (χ1v) is 31.7. The molecule has 0 rings (SSSR count). The molecule has 0 saturated carbocycles. The van der Waals surface area contributed by atoms with Crippen LogP contribution in [0.25, 0.3) is 0 Å². The largest absolute Gasteiger partial charge is 0.472 e. The van der Waals surface area contributed by atoms with Gasteiger partial charge in [0.2, 0.25) is 5.91 Å². The number of allylic oxidation sites excluding steroid dienone is 3. The summed E-state index contributed by atoms with van der Waals surface area (Å²) in [6.07, 6.45) is 65.7. The number of carbonyl (C=O) groups is 1. The zero-order valence-electron chi connectivity index (χ0n) is 46.8. The molecule has 9 heteroatoms. The Hall–Kier alpha value is -1.02. The highest BCUT2D eigenvalue weighted by atomic mass is 31.2. The number of phosphoric acid groups is 1. The van der Waals surface area contributed by atoms with Crippen molar-refractivity contribution in [2.45, 2.75) is 315 Å². The fourth-order valence-electron chi connectivity index (χ4n) is 9.16. The third-order valence-electron chi connectivity index (χ3n) is 13.9. The molecule has 0 aliphatic heterocycles. The van der Waals surface area contributed by atoms with Gasteiger partial charge in [0.25, 0.3) is 0 Å². The Morgan fingerprint density at radius 1 is 0.478 bits per heavy atom. The van der Waals surface area contributed by atoms with Gasteiger partial charge in [-0.05, 0) is 44.9 Å². The number of rotatable bonds is 56. The number of hydrogen-bond donors (Lipinski definition) is 3. The maximum absolute atomic E-state index is 13.0. The number of unbranched alkanes of at least 4 members (excludes halogenated alkanes) is 41. The van der Waals surface area contributed by atoms with Gasteiger partial charge in [0, 0.05) is 6.42 Å². The van der Waals surface area contributed by atoms with Gasteiger partial charge < -0.3 is 19.8 Å². The first kappa shape index (κ1) is 68.0. The number of carbonyl (C=O) groups excluding carboxylic acids is 1. The third-order valence-corrected chi connectivity index (χ3v) is 14.9.